The molecule has 4 nitrogen and oxygen atoms in total. The topological polar surface area (TPSA) is 55.6 Å². The maximum absolute atomic E-state index is 12.4. The number of hydrogen-bond donors (Lipinski definition) is 1. The van der Waals surface area contributed by atoms with Crippen LogP contribution >= 0.6 is 0 Å². The first-order valence-electron chi connectivity index (χ1n) is 7.35. The molecule has 0 aliphatic carbocycles. The molecule has 3 rings (SSSR count). The minimum Gasteiger partial charge on any atom is -0.381 e. The zero-order chi connectivity index (χ0) is 14.0. The van der Waals surface area contributed by atoms with Crippen LogP contribution in [-0.4, -0.2) is 37.1 Å². The van der Waals surface area contributed by atoms with Crippen LogP contribution in [0.15, 0.2) is 30.3 Å². The molecule has 2 saturated heterocycles. The fourth-order valence-electron chi connectivity index (χ4n) is 3.25. The van der Waals surface area contributed by atoms with E-state index in [2.05, 4.69) is 0 Å². The van der Waals surface area contributed by atoms with Crippen molar-refractivity contribution in [2.24, 2.45) is 11.1 Å². The van der Waals surface area contributed by atoms with E-state index in [0.29, 0.717) is 6.42 Å². The van der Waals surface area contributed by atoms with Crippen molar-refractivity contribution in [3.8, 4) is 0 Å². The Balaban J connectivity index is 1.57. The fourth-order valence-corrected chi connectivity index (χ4v) is 3.25. The van der Waals surface area contributed by atoms with Gasteiger partial charge in [0.1, 0.15) is 0 Å². The van der Waals surface area contributed by atoms with Gasteiger partial charge in [-0.3, -0.25) is 4.79 Å². The lowest BCUT2D eigenvalue weighted by Gasteiger charge is -2.23. The molecular weight excluding hydrogens is 252 g/mol. The van der Waals surface area contributed by atoms with Gasteiger partial charge in [0.2, 0.25) is 5.91 Å². The highest BCUT2D eigenvalue weighted by molar-refractivity contribution is 5.77. The second-order valence-electron chi connectivity index (χ2n) is 6.09. The molecule has 1 aromatic carbocycles. The van der Waals surface area contributed by atoms with Crippen molar-refractivity contribution in [3.63, 3.8) is 0 Å². The Kier molecular flexibility index (Phi) is 3.76. The van der Waals surface area contributed by atoms with Crippen LogP contribution in [0.5, 0.6) is 0 Å². The second kappa shape index (κ2) is 5.54. The Hall–Kier alpha value is -1.39. The summed E-state index contributed by atoms with van der Waals surface area (Å²) in [7, 11) is 0. The van der Waals surface area contributed by atoms with E-state index >= 15 is 0 Å². The average Bonchev–Trinajstić information content (AvgIpc) is 3.10. The summed E-state index contributed by atoms with van der Waals surface area (Å²) in [5, 5.41) is 0. The number of amides is 1. The highest BCUT2D eigenvalue weighted by Crippen LogP contribution is 2.38. The number of carbonyl (C=O) groups is 1. The number of benzene rings is 1. The molecule has 0 aromatic heterocycles. The molecule has 1 spiro atoms. The molecule has 4 heteroatoms. The monoisotopic (exact) mass is 274 g/mol. The van der Waals surface area contributed by atoms with Crippen molar-refractivity contribution in [1.29, 1.82) is 0 Å². The molecule has 1 amide bonds. The van der Waals surface area contributed by atoms with Gasteiger partial charge in [-0.15, -0.1) is 0 Å². The zero-order valence-corrected chi connectivity index (χ0v) is 11.8. The molecule has 1 aromatic rings. The highest BCUT2D eigenvalue weighted by atomic mass is 16.5. The maximum atomic E-state index is 12.4. The van der Waals surface area contributed by atoms with E-state index in [1.165, 1.54) is 0 Å². The van der Waals surface area contributed by atoms with E-state index in [1.807, 2.05) is 35.2 Å². The predicted octanol–water partition coefficient (Wildman–Crippen LogP) is 1.72. The smallest absolute Gasteiger partial charge is 0.224 e. The summed E-state index contributed by atoms with van der Waals surface area (Å²) in [6.45, 7) is 3.34. The number of hydrogen-bond acceptors (Lipinski definition) is 3. The first kappa shape index (κ1) is 13.6. The Morgan fingerprint density at radius 3 is 2.85 bits per heavy atom. The van der Waals surface area contributed by atoms with Gasteiger partial charge < -0.3 is 15.4 Å². The van der Waals surface area contributed by atoms with Crippen LogP contribution in [0.3, 0.4) is 0 Å². The summed E-state index contributed by atoms with van der Waals surface area (Å²) in [6, 6.07) is 9.63. The molecule has 0 saturated carbocycles. The number of rotatable bonds is 3. The second-order valence-corrected chi connectivity index (χ2v) is 6.09. The Morgan fingerprint density at radius 1 is 1.35 bits per heavy atom. The summed E-state index contributed by atoms with van der Waals surface area (Å²) in [4.78, 5) is 14.3. The minimum absolute atomic E-state index is 0.171. The lowest BCUT2D eigenvalue weighted by molar-refractivity contribution is -0.131. The van der Waals surface area contributed by atoms with Crippen LogP contribution in [0.4, 0.5) is 0 Å². The maximum Gasteiger partial charge on any atom is 0.224 e. The van der Waals surface area contributed by atoms with Crippen molar-refractivity contribution in [3.05, 3.63) is 35.9 Å². The molecule has 2 heterocycles. The molecule has 0 radical (unpaired) electrons. The van der Waals surface area contributed by atoms with Gasteiger partial charge >= 0.3 is 0 Å². The van der Waals surface area contributed by atoms with E-state index in [-0.39, 0.29) is 17.4 Å². The Bertz CT molecular complexity index is 469. The van der Waals surface area contributed by atoms with Gasteiger partial charge in [-0.25, -0.2) is 0 Å². The van der Waals surface area contributed by atoms with E-state index < -0.39 is 0 Å². The van der Waals surface area contributed by atoms with Crippen molar-refractivity contribution >= 4 is 5.91 Å². The first-order chi connectivity index (χ1) is 9.69. The molecule has 20 heavy (non-hydrogen) atoms. The van der Waals surface area contributed by atoms with E-state index in [9.17, 15) is 4.79 Å². The molecule has 0 unspecified atom stereocenters. The molecule has 2 N–H and O–H groups in total. The van der Waals surface area contributed by atoms with Crippen LogP contribution in [0.2, 0.25) is 0 Å². The Labute approximate surface area is 119 Å². The molecule has 2 fully saturated rings. The van der Waals surface area contributed by atoms with Crippen LogP contribution in [0, 0.1) is 5.41 Å². The average molecular weight is 274 g/mol. The highest BCUT2D eigenvalue weighted by Gasteiger charge is 2.42. The van der Waals surface area contributed by atoms with Gasteiger partial charge in [0.05, 0.1) is 6.61 Å². The van der Waals surface area contributed by atoms with Crippen molar-refractivity contribution in [2.45, 2.75) is 25.3 Å². The minimum atomic E-state index is -0.208. The SMILES string of the molecule is N[C@H](CC(=O)N1CC[C@@]2(CCOC2)C1)c1ccccc1. The zero-order valence-electron chi connectivity index (χ0n) is 11.8. The van der Waals surface area contributed by atoms with Gasteiger partial charge in [-0.2, -0.15) is 0 Å². The van der Waals surface area contributed by atoms with E-state index in [0.717, 1.165) is 44.7 Å². The number of ether oxygens (including phenoxy) is 1. The summed E-state index contributed by atoms with van der Waals surface area (Å²) in [5.41, 5.74) is 7.39. The van der Waals surface area contributed by atoms with Crippen LogP contribution in [0.1, 0.15) is 30.9 Å². The molecular formula is C16H22N2O2. The third-order valence-corrected chi connectivity index (χ3v) is 4.60. The summed E-state index contributed by atoms with van der Waals surface area (Å²) in [6.07, 6.45) is 2.54. The van der Waals surface area contributed by atoms with Gasteiger partial charge in [0.15, 0.2) is 0 Å². The standard InChI is InChI=1S/C16H22N2O2/c17-14(13-4-2-1-3-5-13)10-15(19)18-8-6-16(11-18)7-9-20-12-16/h1-5,14H,6-12,17H2/t14-,16-/m1/s1. The van der Waals surface area contributed by atoms with Gasteiger partial charge in [0.25, 0.3) is 0 Å². The number of nitrogens with two attached hydrogens (primary N) is 1. The molecule has 108 valence electrons. The molecule has 2 aliphatic rings. The summed E-state index contributed by atoms with van der Waals surface area (Å²) >= 11 is 0. The third-order valence-electron chi connectivity index (χ3n) is 4.60. The van der Waals surface area contributed by atoms with E-state index in [4.69, 9.17) is 10.5 Å². The van der Waals surface area contributed by atoms with Crippen molar-refractivity contribution < 1.29 is 9.53 Å². The van der Waals surface area contributed by atoms with Crippen LogP contribution in [-0.2, 0) is 9.53 Å². The fraction of sp³-hybridized carbons (Fsp3) is 0.562. The lowest BCUT2D eigenvalue weighted by Crippen LogP contribution is -2.34. The van der Waals surface area contributed by atoms with Crippen molar-refractivity contribution in [1.82, 2.24) is 4.90 Å². The summed E-state index contributed by atoms with van der Waals surface area (Å²) < 4.78 is 5.50. The molecule has 2 atom stereocenters. The van der Waals surface area contributed by atoms with Crippen LogP contribution < -0.4 is 5.73 Å². The number of likely N-dealkylation sites (tertiary alicyclic amines) is 1. The number of carbonyl (C=O) groups excluding carboxylic acids is 1. The number of nitrogens with zero attached hydrogens (tertiary/aromatic N) is 1. The van der Waals surface area contributed by atoms with Gasteiger partial charge in [0, 0.05) is 37.6 Å². The molecule has 2 aliphatic heterocycles. The van der Waals surface area contributed by atoms with Crippen molar-refractivity contribution in [2.75, 3.05) is 26.3 Å². The quantitative estimate of drug-likeness (QED) is 0.913. The van der Waals surface area contributed by atoms with Gasteiger partial charge in [-0.1, -0.05) is 30.3 Å². The summed E-state index contributed by atoms with van der Waals surface area (Å²) in [5.74, 6) is 0.171. The Morgan fingerprint density at radius 2 is 2.15 bits per heavy atom. The third kappa shape index (κ3) is 2.72. The largest absolute Gasteiger partial charge is 0.381 e. The lowest BCUT2D eigenvalue weighted by atomic mass is 9.87. The van der Waals surface area contributed by atoms with E-state index in [1.54, 1.807) is 0 Å². The first-order valence-corrected chi connectivity index (χ1v) is 7.35. The molecule has 0 bridgehead atoms. The normalized spacial score (nSPS) is 27.1. The predicted molar refractivity (Wildman–Crippen MR) is 77.1 cm³/mol. The van der Waals surface area contributed by atoms with Crippen LogP contribution in [0.25, 0.3) is 0 Å². The van der Waals surface area contributed by atoms with Gasteiger partial charge in [-0.05, 0) is 18.4 Å².